The van der Waals surface area contributed by atoms with Gasteiger partial charge in [0.25, 0.3) is 0 Å². The van der Waals surface area contributed by atoms with E-state index in [1.54, 1.807) is 12.4 Å². The summed E-state index contributed by atoms with van der Waals surface area (Å²) in [6.07, 6.45) is 8.67. The van der Waals surface area contributed by atoms with Crippen molar-refractivity contribution in [3.63, 3.8) is 0 Å². The molecule has 0 spiro atoms. The second-order valence-corrected chi connectivity index (χ2v) is 5.82. The number of nitrogens with zero attached hydrogens (tertiary/aromatic N) is 3. The summed E-state index contributed by atoms with van der Waals surface area (Å²) in [6, 6.07) is 5.83. The van der Waals surface area contributed by atoms with Crippen LogP contribution in [0.25, 0.3) is 0 Å². The third kappa shape index (κ3) is 4.63. The van der Waals surface area contributed by atoms with Crippen LogP contribution < -0.4 is 0 Å². The topological polar surface area (TPSA) is 71.1 Å². The summed E-state index contributed by atoms with van der Waals surface area (Å²) >= 11 is 0. The number of aromatic nitrogens is 3. The van der Waals surface area contributed by atoms with E-state index in [-0.39, 0.29) is 12.0 Å². The molecule has 1 saturated heterocycles. The minimum absolute atomic E-state index is 0.217. The van der Waals surface area contributed by atoms with Gasteiger partial charge in [0.15, 0.2) is 0 Å². The van der Waals surface area contributed by atoms with E-state index in [9.17, 15) is 4.79 Å². The van der Waals surface area contributed by atoms with Gasteiger partial charge in [-0.25, -0.2) is 0 Å². The van der Waals surface area contributed by atoms with E-state index in [0.29, 0.717) is 13.0 Å². The number of pyridine rings is 1. The normalized spacial score (nSPS) is 15.7. The van der Waals surface area contributed by atoms with Gasteiger partial charge in [-0.05, 0) is 37.0 Å². The average molecular weight is 314 g/mol. The number of aryl methyl sites for hydroxylation is 1. The summed E-state index contributed by atoms with van der Waals surface area (Å²) in [7, 11) is 0. The van der Waals surface area contributed by atoms with Crippen LogP contribution in [0.4, 0.5) is 0 Å². The van der Waals surface area contributed by atoms with Gasteiger partial charge in [-0.15, -0.1) is 0 Å². The fourth-order valence-corrected chi connectivity index (χ4v) is 2.78. The predicted molar refractivity (Wildman–Crippen MR) is 85.5 cm³/mol. The molecule has 122 valence electrons. The smallest absolute Gasteiger partial charge is 0.222 e. The van der Waals surface area contributed by atoms with Crippen LogP contribution in [0.5, 0.6) is 0 Å². The zero-order chi connectivity index (χ0) is 15.9. The van der Waals surface area contributed by atoms with Crippen LogP contribution >= 0.6 is 0 Å². The van der Waals surface area contributed by atoms with Crippen LogP contribution in [0.15, 0.2) is 36.8 Å². The number of carbonyl (C=O) groups excluding carboxylic acids is 1. The first kappa shape index (κ1) is 15.7. The van der Waals surface area contributed by atoms with Gasteiger partial charge in [0.1, 0.15) is 0 Å². The van der Waals surface area contributed by atoms with Crippen molar-refractivity contribution in [1.82, 2.24) is 20.1 Å². The monoisotopic (exact) mass is 314 g/mol. The largest absolute Gasteiger partial charge is 0.372 e. The Labute approximate surface area is 135 Å². The number of carbonyl (C=O) groups is 1. The summed E-state index contributed by atoms with van der Waals surface area (Å²) < 4.78 is 5.90. The van der Waals surface area contributed by atoms with Gasteiger partial charge in [0, 0.05) is 31.9 Å². The van der Waals surface area contributed by atoms with Crippen molar-refractivity contribution in [3.8, 4) is 0 Å². The molecule has 6 heteroatoms. The maximum absolute atomic E-state index is 12.2. The number of ether oxygens (including phenoxy) is 1. The molecule has 3 heterocycles. The van der Waals surface area contributed by atoms with E-state index in [1.165, 1.54) is 0 Å². The molecule has 0 atom stereocenters. The zero-order valence-electron chi connectivity index (χ0n) is 13.1. The Morgan fingerprint density at radius 1 is 1.35 bits per heavy atom. The van der Waals surface area contributed by atoms with Crippen LogP contribution in [0, 0.1) is 0 Å². The van der Waals surface area contributed by atoms with Crippen molar-refractivity contribution in [2.75, 3.05) is 13.1 Å². The van der Waals surface area contributed by atoms with Gasteiger partial charge in [-0.1, -0.05) is 6.07 Å². The molecule has 0 aromatic carbocycles. The van der Waals surface area contributed by atoms with Gasteiger partial charge in [-0.2, -0.15) is 5.10 Å². The number of nitrogens with one attached hydrogen (secondary N) is 1. The highest BCUT2D eigenvalue weighted by Gasteiger charge is 2.23. The lowest BCUT2D eigenvalue weighted by atomic mass is 10.1. The Morgan fingerprint density at radius 2 is 2.22 bits per heavy atom. The van der Waals surface area contributed by atoms with Gasteiger partial charge < -0.3 is 9.64 Å². The van der Waals surface area contributed by atoms with E-state index < -0.39 is 0 Å². The summed E-state index contributed by atoms with van der Waals surface area (Å²) in [4.78, 5) is 18.4. The number of piperidine rings is 1. The third-order valence-electron chi connectivity index (χ3n) is 4.17. The lowest BCUT2D eigenvalue weighted by Gasteiger charge is -2.32. The molecule has 6 nitrogen and oxygen atoms in total. The molecule has 2 aromatic heterocycles. The lowest BCUT2D eigenvalue weighted by Crippen LogP contribution is -2.40. The minimum atomic E-state index is 0.217. The molecule has 23 heavy (non-hydrogen) atoms. The molecule has 1 amide bonds. The van der Waals surface area contributed by atoms with Crippen molar-refractivity contribution in [2.45, 2.75) is 38.4 Å². The molecule has 2 aromatic rings. The summed E-state index contributed by atoms with van der Waals surface area (Å²) in [5.74, 6) is 0.217. The van der Waals surface area contributed by atoms with Gasteiger partial charge in [0.2, 0.25) is 5.91 Å². The quantitative estimate of drug-likeness (QED) is 0.884. The van der Waals surface area contributed by atoms with Gasteiger partial charge >= 0.3 is 0 Å². The van der Waals surface area contributed by atoms with Crippen molar-refractivity contribution in [2.24, 2.45) is 0 Å². The van der Waals surface area contributed by atoms with Crippen molar-refractivity contribution in [3.05, 3.63) is 48.0 Å². The zero-order valence-corrected chi connectivity index (χ0v) is 13.1. The highest BCUT2D eigenvalue weighted by molar-refractivity contribution is 5.76. The fourth-order valence-electron chi connectivity index (χ4n) is 2.78. The van der Waals surface area contributed by atoms with E-state index in [1.807, 2.05) is 29.3 Å². The first-order valence-electron chi connectivity index (χ1n) is 8.08. The molecular formula is C17H22N4O2. The highest BCUT2D eigenvalue weighted by atomic mass is 16.5. The molecular weight excluding hydrogens is 292 g/mol. The number of likely N-dealkylation sites (tertiary alicyclic amines) is 1. The Balaban J connectivity index is 1.37. The summed E-state index contributed by atoms with van der Waals surface area (Å²) in [5.41, 5.74) is 2.03. The standard InChI is InChI=1S/C17H22N4O2/c22-17(5-4-14-11-19-20-12-14)21-9-6-16(7-10-21)23-13-15-3-1-2-8-18-15/h1-3,8,11-12,16H,4-7,9-10,13H2,(H,19,20). The van der Waals surface area contributed by atoms with Crippen LogP contribution in [0.1, 0.15) is 30.5 Å². The Morgan fingerprint density at radius 3 is 2.91 bits per heavy atom. The number of amides is 1. The van der Waals surface area contributed by atoms with E-state index in [2.05, 4.69) is 15.2 Å². The summed E-state index contributed by atoms with van der Waals surface area (Å²) in [5, 5.41) is 6.67. The maximum Gasteiger partial charge on any atom is 0.222 e. The molecule has 0 unspecified atom stereocenters. The number of rotatable bonds is 6. The van der Waals surface area contributed by atoms with E-state index >= 15 is 0 Å². The molecule has 1 aliphatic rings. The van der Waals surface area contributed by atoms with Crippen molar-refractivity contribution in [1.29, 1.82) is 0 Å². The molecule has 0 radical (unpaired) electrons. The molecule has 0 aliphatic carbocycles. The molecule has 3 rings (SSSR count). The van der Waals surface area contributed by atoms with Gasteiger partial charge in [-0.3, -0.25) is 14.9 Å². The molecule has 1 aliphatic heterocycles. The minimum Gasteiger partial charge on any atom is -0.372 e. The van der Waals surface area contributed by atoms with Crippen LogP contribution in [-0.4, -0.2) is 45.2 Å². The average Bonchev–Trinajstić information content (AvgIpc) is 3.13. The number of hydrogen-bond acceptors (Lipinski definition) is 4. The number of aromatic amines is 1. The Bertz CT molecular complexity index is 592. The van der Waals surface area contributed by atoms with Crippen LogP contribution in [0.2, 0.25) is 0 Å². The number of H-pyrrole nitrogens is 1. The highest BCUT2D eigenvalue weighted by Crippen LogP contribution is 2.16. The molecule has 1 fully saturated rings. The first-order chi connectivity index (χ1) is 11.3. The van der Waals surface area contributed by atoms with Gasteiger partial charge in [0.05, 0.1) is 24.6 Å². The van der Waals surface area contributed by atoms with Crippen LogP contribution in [-0.2, 0) is 22.6 Å². The van der Waals surface area contributed by atoms with Crippen molar-refractivity contribution < 1.29 is 9.53 Å². The third-order valence-corrected chi connectivity index (χ3v) is 4.17. The Hall–Kier alpha value is -2.21. The maximum atomic E-state index is 12.2. The predicted octanol–water partition coefficient (Wildman–Crippen LogP) is 1.95. The lowest BCUT2D eigenvalue weighted by molar-refractivity contribution is -0.134. The second-order valence-electron chi connectivity index (χ2n) is 5.82. The molecule has 0 saturated carbocycles. The second kappa shape index (κ2) is 7.87. The van der Waals surface area contributed by atoms with Crippen molar-refractivity contribution >= 4 is 5.91 Å². The number of hydrogen-bond donors (Lipinski definition) is 1. The molecule has 1 N–H and O–H groups in total. The van der Waals surface area contributed by atoms with Crippen LogP contribution in [0.3, 0.4) is 0 Å². The fraction of sp³-hybridized carbons (Fsp3) is 0.471. The summed E-state index contributed by atoms with van der Waals surface area (Å²) in [6.45, 7) is 2.09. The SMILES string of the molecule is O=C(CCc1cn[nH]c1)N1CCC(OCc2ccccn2)CC1. The van der Waals surface area contributed by atoms with E-state index in [4.69, 9.17) is 4.74 Å². The van der Waals surface area contributed by atoms with E-state index in [0.717, 1.165) is 43.6 Å². The Kier molecular flexibility index (Phi) is 5.37. The molecule has 0 bridgehead atoms. The first-order valence-corrected chi connectivity index (χ1v) is 8.08.